The molecule has 0 aliphatic carbocycles. The zero-order chi connectivity index (χ0) is 10.7. The molecular formula is C13H19NO. The fraction of sp³-hybridized carbons (Fsp3) is 0.538. The van der Waals surface area contributed by atoms with Gasteiger partial charge in [-0.15, -0.1) is 0 Å². The largest absolute Gasteiger partial charge is 0.381 e. The highest BCUT2D eigenvalue weighted by atomic mass is 16.5. The first kappa shape index (κ1) is 10.7. The molecule has 0 saturated carbocycles. The summed E-state index contributed by atoms with van der Waals surface area (Å²) in [4.78, 5) is 0. The van der Waals surface area contributed by atoms with Gasteiger partial charge in [0.2, 0.25) is 0 Å². The van der Waals surface area contributed by atoms with Crippen LogP contribution in [0.15, 0.2) is 24.3 Å². The Balaban J connectivity index is 2.26. The average Bonchev–Trinajstić information content (AvgIpc) is 2.30. The summed E-state index contributed by atoms with van der Waals surface area (Å²) in [6, 6.07) is 8.65. The van der Waals surface area contributed by atoms with Crippen molar-refractivity contribution in [3.8, 4) is 0 Å². The van der Waals surface area contributed by atoms with Crippen molar-refractivity contribution in [3.05, 3.63) is 35.4 Å². The minimum absolute atomic E-state index is 0.163. The third-order valence-electron chi connectivity index (χ3n) is 3.30. The lowest BCUT2D eigenvalue weighted by atomic mass is 9.83. The van der Waals surface area contributed by atoms with Crippen LogP contribution in [-0.2, 0) is 16.7 Å². The lowest BCUT2D eigenvalue weighted by molar-refractivity contribution is 0.0522. The Kier molecular flexibility index (Phi) is 3.08. The van der Waals surface area contributed by atoms with Crippen molar-refractivity contribution in [1.29, 1.82) is 0 Å². The molecule has 15 heavy (non-hydrogen) atoms. The maximum absolute atomic E-state index is 6.42. The van der Waals surface area contributed by atoms with E-state index in [1.807, 2.05) is 0 Å². The predicted octanol–water partition coefficient (Wildman–Crippen LogP) is 2.21. The van der Waals surface area contributed by atoms with E-state index in [4.69, 9.17) is 10.5 Å². The van der Waals surface area contributed by atoms with Crippen LogP contribution in [-0.4, -0.2) is 13.2 Å². The molecule has 1 fully saturated rings. The predicted molar refractivity (Wildman–Crippen MR) is 61.7 cm³/mol. The molecule has 2 N–H and O–H groups in total. The van der Waals surface area contributed by atoms with Gasteiger partial charge in [0, 0.05) is 18.8 Å². The SMILES string of the molecule is CCc1cccc(C2(N)CCOCC2)c1. The van der Waals surface area contributed by atoms with Gasteiger partial charge in [0.15, 0.2) is 0 Å². The number of hydrogen-bond acceptors (Lipinski definition) is 2. The van der Waals surface area contributed by atoms with Crippen LogP contribution in [0.4, 0.5) is 0 Å². The summed E-state index contributed by atoms with van der Waals surface area (Å²) in [5, 5.41) is 0. The standard InChI is InChI=1S/C13H19NO/c1-2-11-4-3-5-12(10-11)13(14)6-8-15-9-7-13/h3-5,10H,2,6-9,14H2,1H3. The maximum atomic E-state index is 6.42. The molecule has 1 aliphatic rings. The Morgan fingerprint density at radius 1 is 1.33 bits per heavy atom. The highest BCUT2D eigenvalue weighted by Gasteiger charge is 2.29. The molecule has 0 aromatic heterocycles. The van der Waals surface area contributed by atoms with E-state index >= 15 is 0 Å². The molecule has 1 aromatic carbocycles. The molecule has 1 heterocycles. The molecule has 2 heteroatoms. The van der Waals surface area contributed by atoms with Crippen LogP contribution in [0, 0.1) is 0 Å². The number of benzene rings is 1. The summed E-state index contributed by atoms with van der Waals surface area (Å²) in [6.07, 6.45) is 2.93. The Labute approximate surface area is 91.4 Å². The van der Waals surface area contributed by atoms with Crippen LogP contribution in [0.25, 0.3) is 0 Å². The van der Waals surface area contributed by atoms with Crippen molar-refractivity contribution in [2.45, 2.75) is 31.7 Å². The second-order valence-electron chi connectivity index (χ2n) is 4.32. The van der Waals surface area contributed by atoms with Gasteiger partial charge in [-0.1, -0.05) is 31.2 Å². The maximum Gasteiger partial charge on any atom is 0.0486 e. The lowest BCUT2D eigenvalue weighted by Gasteiger charge is -2.34. The van der Waals surface area contributed by atoms with Crippen molar-refractivity contribution >= 4 is 0 Å². The average molecular weight is 205 g/mol. The number of rotatable bonds is 2. The smallest absolute Gasteiger partial charge is 0.0486 e. The van der Waals surface area contributed by atoms with Gasteiger partial charge in [0.05, 0.1) is 0 Å². The quantitative estimate of drug-likeness (QED) is 0.803. The van der Waals surface area contributed by atoms with Crippen molar-refractivity contribution < 1.29 is 4.74 Å². The molecule has 0 unspecified atom stereocenters. The molecule has 2 nitrogen and oxygen atoms in total. The van der Waals surface area contributed by atoms with Crippen LogP contribution in [0.1, 0.15) is 30.9 Å². The number of ether oxygens (including phenoxy) is 1. The van der Waals surface area contributed by atoms with Crippen LogP contribution < -0.4 is 5.73 Å². The van der Waals surface area contributed by atoms with Crippen molar-refractivity contribution in [1.82, 2.24) is 0 Å². The van der Waals surface area contributed by atoms with E-state index in [9.17, 15) is 0 Å². The Morgan fingerprint density at radius 2 is 2.07 bits per heavy atom. The van der Waals surface area contributed by atoms with Crippen molar-refractivity contribution in [3.63, 3.8) is 0 Å². The molecule has 0 amide bonds. The summed E-state index contributed by atoms with van der Waals surface area (Å²) in [5.41, 5.74) is 8.89. The molecule has 82 valence electrons. The number of hydrogen-bond donors (Lipinski definition) is 1. The monoisotopic (exact) mass is 205 g/mol. The van der Waals surface area contributed by atoms with E-state index < -0.39 is 0 Å². The summed E-state index contributed by atoms with van der Waals surface area (Å²) in [5.74, 6) is 0. The van der Waals surface area contributed by atoms with Gasteiger partial charge in [-0.2, -0.15) is 0 Å². The van der Waals surface area contributed by atoms with Gasteiger partial charge in [0.1, 0.15) is 0 Å². The molecule has 1 aromatic rings. The van der Waals surface area contributed by atoms with Gasteiger partial charge >= 0.3 is 0 Å². The highest BCUT2D eigenvalue weighted by Crippen LogP contribution is 2.29. The normalized spacial score (nSPS) is 20.1. The van der Waals surface area contributed by atoms with E-state index in [-0.39, 0.29) is 5.54 Å². The first-order valence-electron chi connectivity index (χ1n) is 5.71. The molecule has 1 saturated heterocycles. The van der Waals surface area contributed by atoms with Gasteiger partial charge in [-0.25, -0.2) is 0 Å². The summed E-state index contributed by atoms with van der Waals surface area (Å²) in [7, 11) is 0. The Hall–Kier alpha value is -0.860. The molecule has 0 radical (unpaired) electrons. The first-order valence-corrected chi connectivity index (χ1v) is 5.71. The van der Waals surface area contributed by atoms with Gasteiger partial charge in [-0.05, 0) is 30.4 Å². The third-order valence-corrected chi connectivity index (χ3v) is 3.30. The fourth-order valence-corrected chi connectivity index (χ4v) is 2.13. The summed E-state index contributed by atoms with van der Waals surface area (Å²) >= 11 is 0. The number of nitrogens with two attached hydrogens (primary N) is 1. The third kappa shape index (κ3) is 2.21. The van der Waals surface area contributed by atoms with Crippen LogP contribution in [0.2, 0.25) is 0 Å². The van der Waals surface area contributed by atoms with E-state index in [0.717, 1.165) is 32.5 Å². The second kappa shape index (κ2) is 4.33. The zero-order valence-electron chi connectivity index (χ0n) is 9.33. The Morgan fingerprint density at radius 3 is 2.73 bits per heavy atom. The van der Waals surface area contributed by atoms with Gasteiger partial charge < -0.3 is 10.5 Å². The summed E-state index contributed by atoms with van der Waals surface area (Å²) in [6.45, 7) is 3.74. The van der Waals surface area contributed by atoms with Crippen LogP contribution >= 0.6 is 0 Å². The molecule has 0 bridgehead atoms. The molecular weight excluding hydrogens is 186 g/mol. The number of aryl methyl sites for hydroxylation is 1. The minimum atomic E-state index is -0.163. The first-order chi connectivity index (χ1) is 7.24. The fourth-order valence-electron chi connectivity index (χ4n) is 2.13. The van der Waals surface area contributed by atoms with Crippen molar-refractivity contribution in [2.75, 3.05) is 13.2 Å². The summed E-state index contributed by atoms with van der Waals surface area (Å²) < 4.78 is 5.36. The second-order valence-corrected chi connectivity index (χ2v) is 4.32. The lowest BCUT2D eigenvalue weighted by Crippen LogP contribution is -2.42. The topological polar surface area (TPSA) is 35.2 Å². The zero-order valence-corrected chi connectivity index (χ0v) is 9.33. The molecule has 0 atom stereocenters. The molecule has 0 spiro atoms. The van der Waals surface area contributed by atoms with Gasteiger partial charge in [0.25, 0.3) is 0 Å². The highest BCUT2D eigenvalue weighted by molar-refractivity contribution is 5.29. The van der Waals surface area contributed by atoms with Crippen molar-refractivity contribution in [2.24, 2.45) is 5.73 Å². The van der Waals surface area contributed by atoms with E-state index in [0.29, 0.717) is 0 Å². The minimum Gasteiger partial charge on any atom is -0.381 e. The van der Waals surface area contributed by atoms with Crippen LogP contribution in [0.3, 0.4) is 0 Å². The van der Waals surface area contributed by atoms with Gasteiger partial charge in [-0.3, -0.25) is 0 Å². The molecule has 2 rings (SSSR count). The van der Waals surface area contributed by atoms with Crippen LogP contribution in [0.5, 0.6) is 0 Å². The van der Waals surface area contributed by atoms with E-state index in [1.54, 1.807) is 0 Å². The molecule has 1 aliphatic heterocycles. The van der Waals surface area contributed by atoms with E-state index in [1.165, 1.54) is 11.1 Å². The Bertz CT molecular complexity index is 329. The van der Waals surface area contributed by atoms with E-state index in [2.05, 4.69) is 31.2 Å².